The molecule has 0 saturated heterocycles. The molecule has 0 fully saturated rings. The number of hydrogen-bond donors (Lipinski definition) is 1. The third kappa shape index (κ3) is 13.5. The van der Waals surface area contributed by atoms with E-state index in [1.54, 1.807) is 0 Å². The van der Waals surface area contributed by atoms with Crippen molar-refractivity contribution in [3.8, 4) is 0 Å². The van der Waals surface area contributed by atoms with E-state index in [9.17, 15) is 4.79 Å². The van der Waals surface area contributed by atoms with Gasteiger partial charge in [-0.25, -0.2) is 0 Å². The minimum absolute atomic E-state index is 0.145. The van der Waals surface area contributed by atoms with Gasteiger partial charge in [0.15, 0.2) is 0 Å². The normalized spacial score (nSPS) is 11.9. The van der Waals surface area contributed by atoms with Crippen molar-refractivity contribution < 1.29 is 9.53 Å². The van der Waals surface area contributed by atoms with Crippen LogP contribution in [0.4, 0.5) is 0 Å². The summed E-state index contributed by atoms with van der Waals surface area (Å²) < 4.78 is 5.47. The predicted molar refractivity (Wildman–Crippen MR) is 76.6 cm³/mol. The van der Waals surface area contributed by atoms with Crippen LogP contribution in [0.5, 0.6) is 0 Å². The number of nitrogens with one attached hydrogen (secondary N) is 1. The molecule has 0 aromatic heterocycles. The molecular formula is C15H31NO2. The van der Waals surface area contributed by atoms with E-state index < -0.39 is 0 Å². The SMILES string of the molecule is CC(C)CCOCCCC(=O)NCCC(C)(C)C. The van der Waals surface area contributed by atoms with Crippen LogP contribution in [0.1, 0.15) is 60.3 Å². The summed E-state index contributed by atoms with van der Waals surface area (Å²) in [5, 5.41) is 2.95. The highest BCUT2D eigenvalue weighted by molar-refractivity contribution is 5.75. The third-order valence-corrected chi connectivity index (χ3v) is 2.73. The molecule has 0 atom stereocenters. The monoisotopic (exact) mass is 257 g/mol. The second kappa shape index (κ2) is 9.37. The van der Waals surface area contributed by atoms with E-state index in [1.165, 1.54) is 0 Å². The summed E-state index contributed by atoms with van der Waals surface area (Å²) in [7, 11) is 0. The summed E-state index contributed by atoms with van der Waals surface area (Å²) in [6.45, 7) is 13.2. The Labute approximate surface area is 113 Å². The maximum absolute atomic E-state index is 11.5. The molecule has 1 amide bonds. The summed E-state index contributed by atoms with van der Waals surface area (Å²) in [6, 6.07) is 0. The molecule has 0 bridgehead atoms. The Morgan fingerprint density at radius 1 is 1.22 bits per heavy atom. The molecule has 3 heteroatoms. The molecule has 0 aromatic rings. The number of rotatable bonds is 9. The molecule has 0 rings (SSSR count). The molecule has 1 N–H and O–H groups in total. The minimum atomic E-state index is 0.145. The number of carbonyl (C=O) groups excluding carboxylic acids is 1. The highest BCUT2D eigenvalue weighted by Gasteiger charge is 2.10. The maximum atomic E-state index is 11.5. The zero-order valence-corrected chi connectivity index (χ0v) is 12.8. The van der Waals surface area contributed by atoms with Crippen molar-refractivity contribution in [2.45, 2.75) is 60.3 Å². The molecule has 18 heavy (non-hydrogen) atoms. The summed E-state index contributed by atoms with van der Waals surface area (Å²) in [5.41, 5.74) is 0.285. The first-order valence-electron chi connectivity index (χ1n) is 7.16. The molecule has 0 aliphatic rings. The lowest BCUT2D eigenvalue weighted by molar-refractivity contribution is -0.121. The Balaban J connectivity index is 3.32. The van der Waals surface area contributed by atoms with Crippen LogP contribution < -0.4 is 5.32 Å². The van der Waals surface area contributed by atoms with Gasteiger partial charge in [0.2, 0.25) is 5.91 Å². The zero-order chi connectivity index (χ0) is 14.0. The fourth-order valence-electron chi connectivity index (χ4n) is 1.42. The van der Waals surface area contributed by atoms with E-state index in [1.807, 2.05) is 0 Å². The van der Waals surface area contributed by atoms with Gasteiger partial charge in [0.25, 0.3) is 0 Å². The second-order valence-corrected chi connectivity index (χ2v) is 6.56. The topological polar surface area (TPSA) is 38.3 Å². The van der Waals surface area contributed by atoms with Crippen molar-refractivity contribution >= 4 is 5.91 Å². The number of ether oxygens (including phenoxy) is 1. The first-order valence-corrected chi connectivity index (χ1v) is 7.16. The summed E-state index contributed by atoms with van der Waals surface area (Å²) in [4.78, 5) is 11.5. The van der Waals surface area contributed by atoms with E-state index >= 15 is 0 Å². The van der Waals surface area contributed by atoms with Crippen molar-refractivity contribution in [3.63, 3.8) is 0 Å². The van der Waals surface area contributed by atoms with E-state index in [0.717, 1.165) is 32.4 Å². The lowest BCUT2D eigenvalue weighted by Crippen LogP contribution is -2.27. The van der Waals surface area contributed by atoms with E-state index in [2.05, 4.69) is 39.9 Å². The van der Waals surface area contributed by atoms with Gasteiger partial charge in [0, 0.05) is 26.2 Å². The van der Waals surface area contributed by atoms with Gasteiger partial charge in [-0.05, 0) is 30.6 Å². The van der Waals surface area contributed by atoms with Crippen LogP contribution in [0.15, 0.2) is 0 Å². The van der Waals surface area contributed by atoms with Crippen molar-refractivity contribution in [1.82, 2.24) is 5.32 Å². The molecule has 0 saturated carbocycles. The molecule has 0 heterocycles. The fourth-order valence-corrected chi connectivity index (χ4v) is 1.42. The summed E-state index contributed by atoms with van der Waals surface area (Å²) in [5.74, 6) is 0.831. The van der Waals surface area contributed by atoms with Crippen molar-refractivity contribution in [2.75, 3.05) is 19.8 Å². The van der Waals surface area contributed by atoms with Gasteiger partial charge in [-0.15, -0.1) is 0 Å². The smallest absolute Gasteiger partial charge is 0.220 e. The van der Waals surface area contributed by atoms with Gasteiger partial charge in [-0.2, -0.15) is 0 Å². The van der Waals surface area contributed by atoms with Crippen LogP contribution in [0, 0.1) is 11.3 Å². The highest BCUT2D eigenvalue weighted by Crippen LogP contribution is 2.16. The molecular weight excluding hydrogens is 226 g/mol. The number of hydrogen-bond acceptors (Lipinski definition) is 2. The van der Waals surface area contributed by atoms with Gasteiger partial charge in [0.1, 0.15) is 0 Å². The lowest BCUT2D eigenvalue weighted by Gasteiger charge is -2.17. The number of carbonyl (C=O) groups is 1. The van der Waals surface area contributed by atoms with Crippen LogP contribution in [0.3, 0.4) is 0 Å². The highest BCUT2D eigenvalue weighted by atomic mass is 16.5. The van der Waals surface area contributed by atoms with Crippen LogP contribution in [-0.2, 0) is 9.53 Å². The van der Waals surface area contributed by atoms with Gasteiger partial charge in [-0.3, -0.25) is 4.79 Å². The summed E-state index contributed by atoms with van der Waals surface area (Å²) in [6.07, 6.45) is 3.51. The molecule has 0 aliphatic carbocycles. The Kier molecular flexibility index (Phi) is 9.08. The molecule has 0 radical (unpaired) electrons. The van der Waals surface area contributed by atoms with E-state index in [4.69, 9.17) is 4.74 Å². The van der Waals surface area contributed by atoms with Crippen LogP contribution in [0.2, 0.25) is 0 Å². The van der Waals surface area contributed by atoms with Crippen LogP contribution >= 0.6 is 0 Å². The molecule has 0 aliphatic heterocycles. The minimum Gasteiger partial charge on any atom is -0.381 e. The molecule has 0 unspecified atom stereocenters. The Morgan fingerprint density at radius 3 is 2.44 bits per heavy atom. The Hall–Kier alpha value is -0.570. The van der Waals surface area contributed by atoms with Gasteiger partial charge in [-0.1, -0.05) is 34.6 Å². The maximum Gasteiger partial charge on any atom is 0.220 e. The zero-order valence-electron chi connectivity index (χ0n) is 12.8. The average Bonchev–Trinajstić information content (AvgIpc) is 2.20. The second-order valence-electron chi connectivity index (χ2n) is 6.56. The van der Waals surface area contributed by atoms with Crippen LogP contribution in [0.25, 0.3) is 0 Å². The van der Waals surface area contributed by atoms with Crippen molar-refractivity contribution in [2.24, 2.45) is 11.3 Å². The van der Waals surface area contributed by atoms with Crippen molar-refractivity contribution in [1.29, 1.82) is 0 Å². The third-order valence-electron chi connectivity index (χ3n) is 2.73. The lowest BCUT2D eigenvalue weighted by atomic mass is 9.92. The quantitative estimate of drug-likeness (QED) is 0.643. The molecule has 108 valence electrons. The standard InChI is InChI=1S/C15H31NO2/c1-13(2)8-12-18-11-6-7-14(17)16-10-9-15(3,4)5/h13H,6-12H2,1-5H3,(H,16,17). The van der Waals surface area contributed by atoms with Crippen molar-refractivity contribution in [3.05, 3.63) is 0 Å². The predicted octanol–water partition coefficient (Wildman–Crippen LogP) is 3.38. The number of amides is 1. The molecule has 3 nitrogen and oxygen atoms in total. The van der Waals surface area contributed by atoms with E-state index in [-0.39, 0.29) is 11.3 Å². The first kappa shape index (κ1) is 17.4. The van der Waals surface area contributed by atoms with Crippen LogP contribution in [-0.4, -0.2) is 25.7 Å². The van der Waals surface area contributed by atoms with Gasteiger partial charge in [0.05, 0.1) is 0 Å². The Morgan fingerprint density at radius 2 is 1.89 bits per heavy atom. The Bertz CT molecular complexity index is 219. The average molecular weight is 257 g/mol. The van der Waals surface area contributed by atoms with Gasteiger partial charge < -0.3 is 10.1 Å². The van der Waals surface area contributed by atoms with E-state index in [0.29, 0.717) is 18.9 Å². The summed E-state index contributed by atoms with van der Waals surface area (Å²) >= 11 is 0. The largest absolute Gasteiger partial charge is 0.381 e. The molecule has 0 spiro atoms. The fraction of sp³-hybridized carbons (Fsp3) is 0.933. The first-order chi connectivity index (χ1) is 8.31. The molecule has 0 aromatic carbocycles. The van der Waals surface area contributed by atoms with Gasteiger partial charge >= 0.3 is 0 Å².